The number of rotatable bonds is 4. The molecule has 132 valence electrons. The Balaban J connectivity index is 1.84. The molecule has 1 aliphatic rings. The number of carbonyl (C=O) groups is 1. The van der Waals surface area contributed by atoms with Crippen molar-refractivity contribution in [1.82, 2.24) is 4.98 Å². The van der Waals surface area contributed by atoms with E-state index in [2.05, 4.69) is 4.98 Å². The Hall–Kier alpha value is -1.92. The van der Waals surface area contributed by atoms with Crippen LogP contribution in [0.2, 0.25) is 5.02 Å². The molecule has 1 N–H and O–H groups in total. The summed E-state index contributed by atoms with van der Waals surface area (Å²) in [6.07, 6.45) is -0.0525. The number of aromatic nitrogens is 1. The number of fused-ring (bicyclic) bond motifs is 1. The van der Waals surface area contributed by atoms with Crippen LogP contribution in [0.4, 0.5) is 13.2 Å². The van der Waals surface area contributed by atoms with Gasteiger partial charge in [-0.2, -0.15) is 0 Å². The van der Waals surface area contributed by atoms with Gasteiger partial charge in [-0.05, 0) is 31.4 Å². The fourth-order valence-corrected chi connectivity index (χ4v) is 3.45. The van der Waals surface area contributed by atoms with Crippen molar-refractivity contribution in [2.24, 2.45) is 0 Å². The summed E-state index contributed by atoms with van der Waals surface area (Å²) >= 11 is 5.81. The molecule has 0 radical (unpaired) electrons. The predicted octanol–water partition coefficient (Wildman–Crippen LogP) is 4.21. The zero-order valence-electron chi connectivity index (χ0n) is 13.1. The maximum atomic E-state index is 15.4. The molecule has 3 nitrogen and oxygen atoms in total. The number of Topliss-reactive ketones (excluding diaryl/α,β-unsaturated/α-hetero) is 1. The van der Waals surface area contributed by atoms with Crippen molar-refractivity contribution in [1.29, 1.82) is 0 Å². The average molecular weight is 370 g/mol. The highest BCUT2D eigenvalue weighted by molar-refractivity contribution is 6.31. The van der Waals surface area contributed by atoms with Crippen LogP contribution >= 0.6 is 11.6 Å². The average Bonchev–Trinajstić information content (AvgIpc) is 2.57. The van der Waals surface area contributed by atoms with Gasteiger partial charge in [0.15, 0.2) is 11.5 Å². The molecule has 25 heavy (non-hydrogen) atoms. The second kappa shape index (κ2) is 6.77. The van der Waals surface area contributed by atoms with Crippen LogP contribution in [-0.4, -0.2) is 15.9 Å². The van der Waals surface area contributed by atoms with Gasteiger partial charge >= 0.3 is 0 Å². The Morgan fingerprint density at radius 3 is 2.88 bits per heavy atom. The van der Waals surface area contributed by atoms with E-state index in [1.54, 1.807) is 0 Å². The maximum Gasteiger partial charge on any atom is 0.195 e. The van der Waals surface area contributed by atoms with Crippen molar-refractivity contribution in [3.8, 4) is 0 Å². The number of aliphatic hydroxyl groups is 1. The van der Waals surface area contributed by atoms with E-state index >= 15 is 4.39 Å². The molecule has 0 spiro atoms. The molecule has 1 aromatic heterocycles. The Morgan fingerprint density at radius 2 is 2.16 bits per heavy atom. The summed E-state index contributed by atoms with van der Waals surface area (Å²) < 4.78 is 42.3. The Kier molecular flexibility index (Phi) is 4.84. The highest BCUT2D eigenvalue weighted by Gasteiger charge is 2.45. The van der Waals surface area contributed by atoms with Gasteiger partial charge in [-0.15, -0.1) is 0 Å². The number of hydrogen-bond acceptors (Lipinski definition) is 3. The minimum atomic E-state index is -2.29. The van der Waals surface area contributed by atoms with E-state index in [1.807, 2.05) is 0 Å². The second-order valence-corrected chi connectivity index (χ2v) is 6.47. The number of hydrogen-bond donors (Lipinski definition) is 1. The van der Waals surface area contributed by atoms with Crippen LogP contribution in [-0.2, 0) is 16.9 Å². The van der Waals surface area contributed by atoms with Crippen LogP contribution in [0.5, 0.6) is 0 Å². The third-order valence-corrected chi connectivity index (χ3v) is 4.83. The van der Waals surface area contributed by atoms with Crippen LogP contribution in [0.3, 0.4) is 0 Å². The molecule has 3 rings (SSSR count). The number of aliphatic hydroxyl groups excluding tert-OH is 1. The molecule has 2 aromatic rings. The lowest BCUT2D eigenvalue weighted by atomic mass is 9.77. The van der Waals surface area contributed by atoms with Gasteiger partial charge in [-0.25, -0.2) is 13.2 Å². The van der Waals surface area contributed by atoms with E-state index < -0.39 is 29.2 Å². The van der Waals surface area contributed by atoms with Gasteiger partial charge in [-0.1, -0.05) is 17.7 Å². The molecule has 1 heterocycles. The topological polar surface area (TPSA) is 50.2 Å². The van der Waals surface area contributed by atoms with Crippen molar-refractivity contribution in [2.45, 2.75) is 37.5 Å². The smallest absolute Gasteiger partial charge is 0.195 e. The molecule has 7 heteroatoms. The number of carbonyl (C=O) groups excluding carboxylic acids is 1. The maximum absolute atomic E-state index is 15.4. The Morgan fingerprint density at radius 1 is 1.40 bits per heavy atom. The number of nitrogens with zero attached hydrogens (tertiary/aromatic N) is 1. The lowest BCUT2D eigenvalue weighted by Crippen LogP contribution is -2.37. The molecule has 0 unspecified atom stereocenters. The lowest BCUT2D eigenvalue weighted by Gasteiger charge is -2.32. The third-order valence-electron chi connectivity index (χ3n) is 4.49. The molecule has 1 aromatic carbocycles. The number of benzene rings is 1. The number of ketones is 1. The van der Waals surface area contributed by atoms with Gasteiger partial charge in [0.1, 0.15) is 11.6 Å². The van der Waals surface area contributed by atoms with Gasteiger partial charge < -0.3 is 5.11 Å². The van der Waals surface area contributed by atoms with Crippen LogP contribution in [0, 0.1) is 11.6 Å². The van der Waals surface area contributed by atoms with E-state index in [0.29, 0.717) is 6.07 Å². The second-order valence-electron chi connectivity index (χ2n) is 6.06. The molecule has 2 atom stereocenters. The van der Waals surface area contributed by atoms with Gasteiger partial charge in [-0.3, -0.25) is 9.78 Å². The summed E-state index contributed by atoms with van der Waals surface area (Å²) in [4.78, 5) is 16.5. The van der Waals surface area contributed by atoms with Gasteiger partial charge in [0.2, 0.25) is 0 Å². The minimum Gasteiger partial charge on any atom is -0.387 e. The fraction of sp³-hybridized carbons (Fsp3) is 0.333. The first-order chi connectivity index (χ1) is 11.8. The molecule has 1 aliphatic carbocycles. The van der Waals surface area contributed by atoms with Gasteiger partial charge in [0.25, 0.3) is 0 Å². The number of pyridine rings is 1. The van der Waals surface area contributed by atoms with E-state index in [9.17, 15) is 18.7 Å². The zero-order valence-corrected chi connectivity index (χ0v) is 13.9. The molecule has 0 saturated carbocycles. The minimum absolute atomic E-state index is 0.0257. The zero-order chi connectivity index (χ0) is 18.2. The number of alkyl halides is 1. The standard InChI is InChI=1S/C18H15ClF3NO2/c19-13-8-10(20)9-14(21)11(13)3-4-16(25)18(22)6-5-15(24)17-12(18)2-1-7-23-17/h1-2,7-9,15,24H,3-6H2/t15-,18-/m0/s1. The van der Waals surface area contributed by atoms with Crippen molar-refractivity contribution < 1.29 is 23.1 Å². The van der Waals surface area contributed by atoms with Crippen LogP contribution in [0.15, 0.2) is 30.5 Å². The van der Waals surface area contributed by atoms with Gasteiger partial charge in [0, 0.05) is 34.8 Å². The monoisotopic (exact) mass is 369 g/mol. The molecule has 0 amide bonds. The molecule has 0 bridgehead atoms. The lowest BCUT2D eigenvalue weighted by molar-refractivity contribution is -0.133. The van der Waals surface area contributed by atoms with Crippen molar-refractivity contribution in [3.05, 3.63) is 63.9 Å². The molecule has 0 aliphatic heterocycles. The van der Waals surface area contributed by atoms with Crippen molar-refractivity contribution in [2.75, 3.05) is 0 Å². The van der Waals surface area contributed by atoms with E-state index in [-0.39, 0.29) is 47.5 Å². The largest absolute Gasteiger partial charge is 0.387 e. The predicted molar refractivity (Wildman–Crippen MR) is 85.9 cm³/mol. The van der Waals surface area contributed by atoms with Crippen LogP contribution in [0.1, 0.15) is 42.2 Å². The summed E-state index contributed by atoms with van der Waals surface area (Å²) in [7, 11) is 0. The molecular weight excluding hydrogens is 355 g/mol. The molecule has 0 fully saturated rings. The fourth-order valence-electron chi connectivity index (χ4n) is 3.16. The summed E-state index contributed by atoms with van der Waals surface area (Å²) in [5.74, 6) is -2.43. The summed E-state index contributed by atoms with van der Waals surface area (Å²) in [6.45, 7) is 0. The normalized spacial score (nSPS) is 22.5. The van der Waals surface area contributed by atoms with Gasteiger partial charge in [0.05, 0.1) is 11.8 Å². The highest BCUT2D eigenvalue weighted by Crippen LogP contribution is 2.43. The first-order valence-corrected chi connectivity index (χ1v) is 8.20. The Labute approximate surface area is 147 Å². The van der Waals surface area contributed by atoms with E-state index in [1.165, 1.54) is 18.3 Å². The van der Waals surface area contributed by atoms with Crippen molar-refractivity contribution >= 4 is 17.4 Å². The third kappa shape index (κ3) is 3.28. The van der Waals surface area contributed by atoms with Crippen LogP contribution in [0.25, 0.3) is 0 Å². The Bertz CT molecular complexity index is 807. The van der Waals surface area contributed by atoms with Crippen LogP contribution < -0.4 is 0 Å². The molecule has 0 saturated heterocycles. The quantitative estimate of drug-likeness (QED) is 0.878. The SMILES string of the molecule is O=C(CCc1c(F)cc(F)cc1Cl)[C@]1(F)CC[C@H](O)c2ncccc21. The highest BCUT2D eigenvalue weighted by atomic mass is 35.5. The first-order valence-electron chi connectivity index (χ1n) is 7.82. The number of halogens is 4. The van der Waals surface area contributed by atoms with E-state index in [0.717, 1.165) is 6.07 Å². The first kappa shape index (κ1) is 17.9. The molecular formula is C18H15ClF3NO2. The summed E-state index contributed by atoms with van der Waals surface area (Å²) in [5, 5.41) is 9.80. The summed E-state index contributed by atoms with van der Waals surface area (Å²) in [5.41, 5.74) is -2.12. The van der Waals surface area contributed by atoms with E-state index in [4.69, 9.17) is 11.6 Å². The van der Waals surface area contributed by atoms with Crippen molar-refractivity contribution in [3.63, 3.8) is 0 Å². The summed E-state index contributed by atoms with van der Waals surface area (Å²) in [6, 6.07) is 4.54.